The number of fused-ring (bicyclic) bond motifs is 1. The van der Waals surface area contributed by atoms with Crippen LogP contribution in [0.2, 0.25) is 5.02 Å². The Morgan fingerprint density at radius 3 is 2.40 bits per heavy atom. The Kier molecular flexibility index (Phi) is 6.63. The van der Waals surface area contributed by atoms with E-state index in [1.54, 1.807) is 12.1 Å². The molecule has 166 valence electrons. The van der Waals surface area contributed by atoms with Crippen molar-refractivity contribution in [2.24, 2.45) is 0 Å². The lowest BCUT2D eigenvalue weighted by Gasteiger charge is -2.38. The van der Waals surface area contributed by atoms with Crippen LogP contribution >= 0.6 is 11.6 Å². The molecule has 0 spiro atoms. The Bertz CT molecular complexity index is 886. The molecular weight excluding hydrogens is 428 g/mol. The average molecular weight is 457 g/mol. The van der Waals surface area contributed by atoms with Gasteiger partial charge < -0.3 is 19.7 Å². The summed E-state index contributed by atoms with van der Waals surface area (Å²) in [5.74, 6) is 1.37. The van der Waals surface area contributed by atoms with Gasteiger partial charge in [0.1, 0.15) is 0 Å². The number of anilines is 1. The summed E-state index contributed by atoms with van der Waals surface area (Å²) in [6.07, 6.45) is 6.53. The predicted molar refractivity (Wildman–Crippen MR) is 116 cm³/mol. The number of ether oxygens (including phenoxy) is 2. The molecule has 0 radical (unpaired) electrons. The number of benzene rings is 1. The van der Waals surface area contributed by atoms with Gasteiger partial charge in [-0.05, 0) is 19.3 Å². The molecule has 30 heavy (non-hydrogen) atoms. The Labute approximate surface area is 183 Å². The third-order valence-corrected chi connectivity index (χ3v) is 8.19. The molecule has 2 fully saturated rings. The van der Waals surface area contributed by atoms with Gasteiger partial charge in [-0.1, -0.05) is 30.9 Å². The second kappa shape index (κ2) is 9.22. The van der Waals surface area contributed by atoms with Crippen LogP contribution in [0, 0.1) is 0 Å². The van der Waals surface area contributed by atoms with Crippen LogP contribution in [0.1, 0.15) is 44.9 Å². The number of rotatable bonds is 5. The smallest absolute Gasteiger partial charge is 0.242 e. The summed E-state index contributed by atoms with van der Waals surface area (Å²) < 4.78 is 35.4. The van der Waals surface area contributed by atoms with E-state index in [1.807, 2.05) is 4.90 Å². The van der Waals surface area contributed by atoms with Crippen LogP contribution in [-0.2, 0) is 14.6 Å². The molecule has 1 aromatic carbocycles. The van der Waals surface area contributed by atoms with Crippen molar-refractivity contribution in [1.82, 2.24) is 4.90 Å². The number of hydrogen-bond acceptors (Lipinski definition) is 6. The van der Waals surface area contributed by atoms with Crippen molar-refractivity contribution in [3.8, 4) is 11.5 Å². The Morgan fingerprint density at radius 1 is 1.03 bits per heavy atom. The normalized spacial score (nSPS) is 23.6. The second-order valence-corrected chi connectivity index (χ2v) is 11.0. The predicted octanol–water partition coefficient (Wildman–Crippen LogP) is 3.26. The summed E-state index contributed by atoms with van der Waals surface area (Å²) in [7, 11) is -3.07. The first kappa shape index (κ1) is 21.6. The molecule has 7 nitrogen and oxygen atoms in total. The van der Waals surface area contributed by atoms with Gasteiger partial charge in [0.15, 0.2) is 21.3 Å². The van der Waals surface area contributed by atoms with Crippen molar-refractivity contribution in [1.29, 1.82) is 0 Å². The fraction of sp³-hybridized carbons (Fsp3) is 0.667. The number of hydrogen-bond donors (Lipinski definition) is 1. The molecule has 0 bridgehead atoms. The SMILES string of the molecule is O=C(CNc1cc2c(cc1Cl)OCCCO2)N(C1CCCCC1)C1CCS(=O)(=O)C1. The van der Waals surface area contributed by atoms with Crippen molar-refractivity contribution in [3.63, 3.8) is 0 Å². The van der Waals surface area contributed by atoms with Crippen molar-refractivity contribution in [2.75, 3.05) is 36.6 Å². The minimum absolute atomic E-state index is 0.0619. The molecule has 1 unspecified atom stereocenters. The van der Waals surface area contributed by atoms with Crippen molar-refractivity contribution in [2.45, 2.75) is 57.0 Å². The third-order valence-electron chi connectivity index (χ3n) is 6.13. The van der Waals surface area contributed by atoms with Gasteiger partial charge in [0, 0.05) is 30.6 Å². The fourth-order valence-electron chi connectivity index (χ4n) is 4.64. The number of sulfone groups is 1. The Balaban J connectivity index is 1.48. The lowest BCUT2D eigenvalue weighted by Crippen LogP contribution is -2.50. The van der Waals surface area contributed by atoms with Gasteiger partial charge in [-0.15, -0.1) is 0 Å². The average Bonchev–Trinajstić information content (AvgIpc) is 2.93. The van der Waals surface area contributed by atoms with Gasteiger partial charge in [0.05, 0.1) is 42.0 Å². The molecule has 1 saturated heterocycles. The molecule has 1 aliphatic carbocycles. The molecule has 1 N–H and O–H groups in total. The van der Waals surface area contributed by atoms with Gasteiger partial charge in [-0.25, -0.2) is 8.42 Å². The number of halogens is 1. The van der Waals surface area contributed by atoms with E-state index in [0.717, 1.165) is 32.1 Å². The van der Waals surface area contributed by atoms with Crippen LogP contribution in [0.15, 0.2) is 12.1 Å². The van der Waals surface area contributed by atoms with E-state index >= 15 is 0 Å². The summed E-state index contributed by atoms with van der Waals surface area (Å²) in [6, 6.07) is 3.36. The molecule has 9 heteroatoms. The van der Waals surface area contributed by atoms with Gasteiger partial charge in [-0.3, -0.25) is 4.79 Å². The molecule has 3 aliphatic rings. The molecular formula is C21H29ClN2O5S. The van der Waals surface area contributed by atoms with E-state index in [0.29, 0.717) is 41.8 Å². The van der Waals surface area contributed by atoms with Gasteiger partial charge in [0.2, 0.25) is 5.91 Å². The number of carbonyl (C=O) groups is 1. The Hall–Kier alpha value is -1.67. The molecule has 1 amide bonds. The number of carbonyl (C=O) groups excluding carboxylic acids is 1. The summed E-state index contributed by atoms with van der Waals surface area (Å²) >= 11 is 6.39. The van der Waals surface area contributed by atoms with Gasteiger partial charge >= 0.3 is 0 Å². The molecule has 4 rings (SSSR count). The molecule has 2 aliphatic heterocycles. The first-order valence-corrected chi connectivity index (χ1v) is 13.0. The topological polar surface area (TPSA) is 84.9 Å². The summed E-state index contributed by atoms with van der Waals surface area (Å²) in [4.78, 5) is 15.1. The number of nitrogens with zero attached hydrogens (tertiary/aromatic N) is 1. The highest BCUT2D eigenvalue weighted by molar-refractivity contribution is 7.91. The zero-order chi connectivity index (χ0) is 21.1. The first-order valence-electron chi connectivity index (χ1n) is 10.8. The highest BCUT2D eigenvalue weighted by Gasteiger charge is 2.38. The largest absolute Gasteiger partial charge is 0.490 e. The quantitative estimate of drug-likeness (QED) is 0.732. The summed E-state index contributed by atoms with van der Waals surface area (Å²) in [5.41, 5.74) is 0.608. The van der Waals surface area contributed by atoms with Gasteiger partial charge in [-0.2, -0.15) is 0 Å². The third kappa shape index (κ3) is 4.97. The van der Waals surface area contributed by atoms with E-state index in [2.05, 4.69) is 5.32 Å². The summed E-state index contributed by atoms with van der Waals surface area (Å²) in [6.45, 7) is 1.21. The number of nitrogens with one attached hydrogen (secondary N) is 1. The second-order valence-electron chi connectivity index (χ2n) is 8.33. The monoisotopic (exact) mass is 456 g/mol. The zero-order valence-electron chi connectivity index (χ0n) is 17.1. The van der Waals surface area contributed by atoms with Crippen LogP contribution in [0.3, 0.4) is 0 Å². The van der Waals surface area contributed by atoms with Crippen molar-refractivity contribution in [3.05, 3.63) is 17.2 Å². The van der Waals surface area contributed by atoms with Crippen LogP contribution in [0.4, 0.5) is 5.69 Å². The molecule has 1 saturated carbocycles. The van der Waals surface area contributed by atoms with Crippen LogP contribution in [0.5, 0.6) is 11.5 Å². The highest BCUT2D eigenvalue weighted by atomic mass is 35.5. The molecule has 2 heterocycles. The maximum absolute atomic E-state index is 13.2. The maximum Gasteiger partial charge on any atom is 0.242 e. The van der Waals surface area contributed by atoms with Crippen molar-refractivity contribution >= 4 is 33.0 Å². The number of amides is 1. The highest BCUT2D eigenvalue weighted by Crippen LogP contribution is 2.37. The fourth-order valence-corrected chi connectivity index (χ4v) is 6.57. The minimum Gasteiger partial charge on any atom is -0.490 e. The maximum atomic E-state index is 13.2. The lowest BCUT2D eigenvalue weighted by molar-refractivity contribution is -0.134. The minimum atomic E-state index is -3.07. The zero-order valence-corrected chi connectivity index (χ0v) is 18.6. The van der Waals surface area contributed by atoms with Crippen LogP contribution in [0.25, 0.3) is 0 Å². The summed E-state index contributed by atoms with van der Waals surface area (Å²) in [5, 5.41) is 3.60. The first-order chi connectivity index (χ1) is 14.4. The van der Waals surface area contributed by atoms with E-state index in [-0.39, 0.29) is 36.0 Å². The Morgan fingerprint density at radius 2 is 1.73 bits per heavy atom. The van der Waals surface area contributed by atoms with Gasteiger partial charge in [0.25, 0.3) is 0 Å². The molecule has 1 aromatic rings. The van der Waals surface area contributed by atoms with E-state index in [9.17, 15) is 13.2 Å². The van der Waals surface area contributed by atoms with Crippen LogP contribution < -0.4 is 14.8 Å². The standard InChI is InChI=1S/C21H29ClN2O5S/c22-17-11-19-20(29-9-4-8-28-19)12-18(17)23-13-21(25)24(15-5-2-1-3-6-15)16-7-10-30(26,27)14-16/h11-12,15-16,23H,1-10,13-14H2. The molecule has 0 aromatic heterocycles. The molecule has 1 atom stereocenters. The van der Waals surface area contributed by atoms with E-state index in [4.69, 9.17) is 21.1 Å². The van der Waals surface area contributed by atoms with Crippen molar-refractivity contribution < 1.29 is 22.7 Å². The van der Waals surface area contributed by atoms with E-state index in [1.165, 1.54) is 6.42 Å². The van der Waals surface area contributed by atoms with Crippen LogP contribution in [-0.4, -0.2) is 62.6 Å². The van der Waals surface area contributed by atoms with E-state index < -0.39 is 9.84 Å². The lowest BCUT2D eigenvalue weighted by atomic mass is 9.93.